The number of aromatic nitrogens is 5. The van der Waals surface area contributed by atoms with E-state index in [4.69, 9.17) is 4.74 Å². The van der Waals surface area contributed by atoms with Crippen molar-refractivity contribution in [3.8, 4) is 6.01 Å². The molecule has 0 aliphatic carbocycles. The van der Waals surface area contributed by atoms with E-state index < -0.39 is 0 Å². The molecule has 2 aromatic heterocycles. The molecular formula is C12H19N7O. The van der Waals surface area contributed by atoms with E-state index in [1.165, 1.54) is 0 Å². The van der Waals surface area contributed by atoms with Crippen molar-refractivity contribution in [1.29, 1.82) is 0 Å². The fourth-order valence-corrected chi connectivity index (χ4v) is 1.68. The first-order valence-electron chi connectivity index (χ1n) is 6.52. The Labute approximate surface area is 117 Å². The van der Waals surface area contributed by atoms with Crippen molar-refractivity contribution in [3.05, 3.63) is 18.5 Å². The summed E-state index contributed by atoms with van der Waals surface area (Å²) in [6, 6.07) is 2.32. The van der Waals surface area contributed by atoms with Gasteiger partial charge in [-0.15, -0.1) is 0 Å². The van der Waals surface area contributed by atoms with Crippen LogP contribution in [0.2, 0.25) is 0 Å². The van der Waals surface area contributed by atoms with Crippen molar-refractivity contribution in [1.82, 2.24) is 24.7 Å². The number of ether oxygens (including phenoxy) is 1. The van der Waals surface area contributed by atoms with Gasteiger partial charge in [-0.05, 0) is 19.9 Å². The molecule has 2 N–H and O–H groups in total. The predicted octanol–water partition coefficient (Wildman–Crippen LogP) is 1.01. The van der Waals surface area contributed by atoms with Gasteiger partial charge in [-0.3, -0.25) is 4.68 Å². The minimum atomic E-state index is 0.122. The number of hydrogen-bond donors (Lipinski definition) is 2. The lowest BCUT2D eigenvalue weighted by Gasteiger charge is -2.14. The van der Waals surface area contributed by atoms with Gasteiger partial charge in [0.05, 0.1) is 13.2 Å². The number of anilines is 2. The second-order valence-corrected chi connectivity index (χ2v) is 4.22. The summed E-state index contributed by atoms with van der Waals surface area (Å²) in [6.07, 6.45) is 3.66. The van der Waals surface area contributed by atoms with Crippen molar-refractivity contribution >= 4 is 11.9 Å². The van der Waals surface area contributed by atoms with E-state index in [1.54, 1.807) is 13.2 Å². The fraction of sp³-hybridized carbons (Fsp3) is 0.500. The van der Waals surface area contributed by atoms with Crippen LogP contribution in [-0.2, 0) is 6.54 Å². The first kappa shape index (κ1) is 14.0. The highest BCUT2D eigenvalue weighted by Crippen LogP contribution is 2.11. The Morgan fingerprint density at radius 3 is 2.75 bits per heavy atom. The predicted molar refractivity (Wildman–Crippen MR) is 75.9 cm³/mol. The van der Waals surface area contributed by atoms with E-state index in [1.807, 2.05) is 30.8 Å². The molecule has 2 aromatic rings. The minimum absolute atomic E-state index is 0.122. The second-order valence-electron chi connectivity index (χ2n) is 4.22. The Morgan fingerprint density at radius 2 is 2.10 bits per heavy atom. The van der Waals surface area contributed by atoms with E-state index in [2.05, 4.69) is 30.7 Å². The third kappa shape index (κ3) is 3.81. The standard InChI is InChI=1S/C12H19N7O/c1-4-20-12-17-10(13-3)16-11(18-12)15-9(2)8-19-7-5-6-14-19/h5-7,9H,4,8H2,1-3H3,(H2,13,15,16,17,18). The quantitative estimate of drug-likeness (QED) is 0.780. The normalized spacial score (nSPS) is 11.9. The van der Waals surface area contributed by atoms with Crippen LogP contribution in [0.1, 0.15) is 13.8 Å². The van der Waals surface area contributed by atoms with Crippen molar-refractivity contribution in [3.63, 3.8) is 0 Å². The zero-order chi connectivity index (χ0) is 14.4. The first-order chi connectivity index (χ1) is 9.71. The topological polar surface area (TPSA) is 89.8 Å². The molecule has 8 nitrogen and oxygen atoms in total. The molecular weight excluding hydrogens is 258 g/mol. The molecule has 0 saturated carbocycles. The van der Waals surface area contributed by atoms with Gasteiger partial charge >= 0.3 is 6.01 Å². The van der Waals surface area contributed by atoms with Crippen LogP contribution in [0.25, 0.3) is 0 Å². The van der Waals surface area contributed by atoms with Gasteiger partial charge in [0.2, 0.25) is 11.9 Å². The third-order valence-electron chi connectivity index (χ3n) is 2.51. The maximum absolute atomic E-state index is 5.32. The second kappa shape index (κ2) is 6.69. The van der Waals surface area contributed by atoms with Crippen LogP contribution in [0, 0.1) is 0 Å². The summed E-state index contributed by atoms with van der Waals surface area (Å²) in [4.78, 5) is 12.6. The van der Waals surface area contributed by atoms with E-state index in [0.717, 1.165) is 6.54 Å². The lowest BCUT2D eigenvalue weighted by Crippen LogP contribution is -2.24. The molecule has 0 bridgehead atoms. The van der Waals surface area contributed by atoms with Crippen LogP contribution in [0.3, 0.4) is 0 Å². The van der Waals surface area contributed by atoms with E-state index >= 15 is 0 Å². The molecule has 0 amide bonds. The van der Waals surface area contributed by atoms with Crippen LogP contribution < -0.4 is 15.4 Å². The van der Waals surface area contributed by atoms with Gasteiger partial charge in [-0.2, -0.15) is 20.1 Å². The highest BCUT2D eigenvalue weighted by molar-refractivity contribution is 5.35. The van der Waals surface area contributed by atoms with Crippen molar-refractivity contribution < 1.29 is 4.74 Å². The molecule has 2 heterocycles. The molecule has 0 aliphatic heterocycles. The SMILES string of the molecule is CCOc1nc(NC)nc(NC(C)Cn2cccn2)n1. The summed E-state index contributed by atoms with van der Waals surface area (Å²) in [6.45, 7) is 5.15. The monoisotopic (exact) mass is 277 g/mol. The van der Waals surface area contributed by atoms with Gasteiger partial charge in [-0.25, -0.2) is 0 Å². The van der Waals surface area contributed by atoms with Crippen molar-refractivity contribution in [2.24, 2.45) is 0 Å². The number of hydrogen-bond acceptors (Lipinski definition) is 7. The number of rotatable bonds is 7. The van der Waals surface area contributed by atoms with E-state index in [0.29, 0.717) is 24.5 Å². The molecule has 0 aromatic carbocycles. The average molecular weight is 277 g/mol. The molecule has 8 heteroatoms. The van der Waals surface area contributed by atoms with Gasteiger partial charge in [0.1, 0.15) is 0 Å². The van der Waals surface area contributed by atoms with Gasteiger partial charge in [0, 0.05) is 25.5 Å². The Balaban J connectivity index is 2.05. The maximum atomic E-state index is 5.32. The summed E-state index contributed by atoms with van der Waals surface area (Å²) in [5.41, 5.74) is 0. The lowest BCUT2D eigenvalue weighted by atomic mass is 10.3. The van der Waals surface area contributed by atoms with Gasteiger partial charge in [-0.1, -0.05) is 0 Å². The first-order valence-corrected chi connectivity index (χ1v) is 6.52. The molecule has 2 rings (SSSR count). The summed E-state index contributed by atoms with van der Waals surface area (Å²) in [5, 5.41) is 10.3. The number of nitrogens with one attached hydrogen (secondary N) is 2. The smallest absolute Gasteiger partial charge is 0.323 e. The van der Waals surface area contributed by atoms with E-state index in [9.17, 15) is 0 Å². The maximum Gasteiger partial charge on any atom is 0.323 e. The lowest BCUT2D eigenvalue weighted by molar-refractivity contribution is 0.312. The van der Waals surface area contributed by atoms with Gasteiger partial charge < -0.3 is 15.4 Å². The van der Waals surface area contributed by atoms with Crippen LogP contribution in [-0.4, -0.2) is 44.4 Å². The van der Waals surface area contributed by atoms with Crippen molar-refractivity contribution in [2.45, 2.75) is 26.4 Å². The molecule has 1 unspecified atom stereocenters. The van der Waals surface area contributed by atoms with Crippen LogP contribution in [0.4, 0.5) is 11.9 Å². The van der Waals surface area contributed by atoms with Gasteiger partial charge in [0.25, 0.3) is 0 Å². The molecule has 20 heavy (non-hydrogen) atoms. The van der Waals surface area contributed by atoms with Crippen LogP contribution in [0.5, 0.6) is 6.01 Å². The summed E-state index contributed by atoms with van der Waals surface area (Å²) in [7, 11) is 1.75. The Hall–Kier alpha value is -2.38. The Kier molecular flexibility index (Phi) is 4.70. The van der Waals surface area contributed by atoms with Crippen LogP contribution >= 0.6 is 0 Å². The average Bonchev–Trinajstić information content (AvgIpc) is 2.91. The molecule has 0 fully saturated rings. The molecule has 0 saturated heterocycles. The molecule has 0 spiro atoms. The molecule has 1 atom stereocenters. The molecule has 0 aliphatic rings. The highest BCUT2D eigenvalue weighted by Gasteiger charge is 2.09. The molecule has 0 radical (unpaired) electrons. The highest BCUT2D eigenvalue weighted by atomic mass is 16.5. The zero-order valence-corrected chi connectivity index (χ0v) is 11.9. The van der Waals surface area contributed by atoms with E-state index in [-0.39, 0.29) is 6.04 Å². The summed E-state index contributed by atoms with van der Waals surface area (Å²) >= 11 is 0. The number of nitrogens with zero attached hydrogens (tertiary/aromatic N) is 5. The van der Waals surface area contributed by atoms with Crippen molar-refractivity contribution in [2.75, 3.05) is 24.3 Å². The fourth-order valence-electron chi connectivity index (χ4n) is 1.68. The zero-order valence-electron chi connectivity index (χ0n) is 11.9. The summed E-state index contributed by atoms with van der Waals surface area (Å²) in [5.74, 6) is 0.949. The Bertz CT molecular complexity index is 529. The minimum Gasteiger partial charge on any atom is -0.464 e. The van der Waals surface area contributed by atoms with Gasteiger partial charge in [0.15, 0.2) is 0 Å². The Morgan fingerprint density at radius 1 is 1.30 bits per heavy atom. The largest absolute Gasteiger partial charge is 0.464 e. The third-order valence-corrected chi connectivity index (χ3v) is 2.51. The molecule has 108 valence electrons. The summed E-state index contributed by atoms with van der Waals surface area (Å²) < 4.78 is 7.17. The van der Waals surface area contributed by atoms with Crippen LogP contribution in [0.15, 0.2) is 18.5 Å².